The lowest BCUT2D eigenvalue weighted by Crippen LogP contribution is -2.38. The fourth-order valence-electron chi connectivity index (χ4n) is 2.31. The van der Waals surface area contributed by atoms with Crippen molar-refractivity contribution < 1.29 is 18.7 Å². The Labute approximate surface area is 162 Å². The number of rotatable bonds is 7. The molecule has 0 aromatic heterocycles. The van der Waals surface area contributed by atoms with E-state index >= 15 is 0 Å². The summed E-state index contributed by atoms with van der Waals surface area (Å²) in [5.41, 5.74) is 1.94. The topological polar surface area (TPSA) is 70.7 Å². The first-order valence-electron chi connectivity index (χ1n) is 8.17. The molecule has 2 aromatic carbocycles. The second-order valence-corrected chi connectivity index (χ2v) is 6.37. The van der Waals surface area contributed by atoms with E-state index in [2.05, 4.69) is 10.6 Å². The lowest BCUT2D eigenvalue weighted by atomic mass is 10.2. The summed E-state index contributed by atoms with van der Waals surface area (Å²) >= 11 is 6.06. The van der Waals surface area contributed by atoms with E-state index in [1.807, 2.05) is 6.92 Å². The largest absolute Gasteiger partial charge is 0.495 e. The van der Waals surface area contributed by atoms with Gasteiger partial charge in [-0.2, -0.15) is 0 Å². The van der Waals surface area contributed by atoms with Crippen molar-refractivity contribution in [3.63, 3.8) is 0 Å². The smallest absolute Gasteiger partial charge is 0.243 e. The maximum atomic E-state index is 12.9. The van der Waals surface area contributed by atoms with Gasteiger partial charge in [0, 0.05) is 23.8 Å². The highest BCUT2D eigenvalue weighted by atomic mass is 35.5. The average molecular weight is 394 g/mol. The minimum Gasteiger partial charge on any atom is -0.495 e. The Bertz CT molecular complexity index is 828. The first-order chi connectivity index (χ1) is 12.8. The highest BCUT2D eigenvalue weighted by molar-refractivity contribution is 6.31. The van der Waals surface area contributed by atoms with Crippen LogP contribution in [0.4, 0.5) is 15.8 Å². The molecule has 0 radical (unpaired) electrons. The van der Waals surface area contributed by atoms with Crippen molar-refractivity contribution in [2.75, 3.05) is 37.9 Å². The first-order valence-corrected chi connectivity index (χ1v) is 8.55. The van der Waals surface area contributed by atoms with Gasteiger partial charge in [-0.15, -0.1) is 0 Å². The van der Waals surface area contributed by atoms with Gasteiger partial charge in [-0.05, 0) is 42.8 Å². The van der Waals surface area contributed by atoms with Gasteiger partial charge >= 0.3 is 0 Å². The number of likely N-dealkylation sites (N-methyl/N-ethyl adjacent to an activating group) is 1. The predicted octanol–water partition coefficient (Wildman–Crippen LogP) is 3.31. The quantitative estimate of drug-likeness (QED) is 0.757. The van der Waals surface area contributed by atoms with Crippen molar-refractivity contribution in [1.82, 2.24) is 4.90 Å². The van der Waals surface area contributed by atoms with Crippen LogP contribution in [0.5, 0.6) is 5.75 Å². The molecule has 0 bridgehead atoms. The molecular weight excluding hydrogens is 373 g/mol. The summed E-state index contributed by atoms with van der Waals surface area (Å²) in [5.74, 6) is -0.523. The standard InChI is InChI=1S/C19H21ClFN3O3/c1-12-8-16(17(27-3)9-15(12)20)22-10-19(26)24(2)11-18(25)23-14-6-4-13(21)5-7-14/h4-9,22H,10-11H2,1-3H3,(H,23,25). The number of nitrogens with zero attached hydrogens (tertiary/aromatic N) is 1. The normalized spacial score (nSPS) is 10.3. The minimum atomic E-state index is -0.390. The van der Waals surface area contributed by atoms with E-state index in [0.29, 0.717) is 22.1 Å². The fourth-order valence-corrected chi connectivity index (χ4v) is 2.47. The molecule has 6 nitrogen and oxygen atoms in total. The number of nitrogens with one attached hydrogen (secondary N) is 2. The third-order valence-electron chi connectivity index (χ3n) is 3.85. The number of carbonyl (C=O) groups excluding carboxylic acids is 2. The van der Waals surface area contributed by atoms with Crippen molar-refractivity contribution in [1.29, 1.82) is 0 Å². The SMILES string of the molecule is COc1cc(Cl)c(C)cc1NCC(=O)N(C)CC(=O)Nc1ccc(F)cc1. The summed E-state index contributed by atoms with van der Waals surface area (Å²) in [6.45, 7) is 1.70. The first kappa shape index (κ1) is 20.5. The maximum absolute atomic E-state index is 12.9. The molecule has 27 heavy (non-hydrogen) atoms. The Balaban J connectivity index is 1.89. The number of amides is 2. The Morgan fingerprint density at radius 1 is 1.22 bits per heavy atom. The van der Waals surface area contributed by atoms with Crippen molar-refractivity contribution in [3.8, 4) is 5.75 Å². The van der Waals surface area contributed by atoms with Gasteiger partial charge in [0.25, 0.3) is 0 Å². The van der Waals surface area contributed by atoms with Gasteiger partial charge in [-0.3, -0.25) is 9.59 Å². The molecule has 0 saturated carbocycles. The molecule has 0 heterocycles. The van der Waals surface area contributed by atoms with Crippen LogP contribution >= 0.6 is 11.6 Å². The summed E-state index contributed by atoms with van der Waals surface area (Å²) in [6.07, 6.45) is 0. The average Bonchev–Trinajstić information content (AvgIpc) is 2.63. The number of methoxy groups -OCH3 is 1. The van der Waals surface area contributed by atoms with Crippen molar-refractivity contribution in [2.45, 2.75) is 6.92 Å². The molecule has 0 unspecified atom stereocenters. The van der Waals surface area contributed by atoms with Gasteiger partial charge in [0.05, 0.1) is 25.9 Å². The van der Waals surface area contributed by atoms with Crippen LogP contribution in [-0.2, 0) is 9.59 Å². The lowest BCUT2D eigenvalue weighted by Gasteiger charge is -2.18. The van der Waals surface area contributed by atoms with Crippen LogP contribution in [0.3, 0.4) is 0 Å². The molecule has 0 aliphatic carbocycles. The van der Waals surface area contributed by atoms with Crippen LogP contribution in [0.25, 0.3) is 0 Å². The van der Waals surface area contributed by atoms with Crippen LogP contribution in [0.1, 0.15) is 5.56 Å². The molecule has 0 spiro atoms. The van der Waals surface area contributed by atoms with Gasteiger partial charge in [0.1, 0.15) is 11.6 Å². The lowest BCUT2D eigenvalue weighted by molar-refractivity contribution is -0.131. The zero-order valence-electron chi connectivity index (χ0n) is 15.3. The number of halogens is 2. The number of ether oxygens (including phenoxy) is 1. The zero-order valence-corrected chi connectivity index (χ0v) is 16.1. The number of hydrogen-bond acceptors (Lipinski definition) is 4. The Kier molecular flexibility index (Phi) is 7.01. The van der Waals surface area contributed by atoms with Gasteiger partial charge < -0.3 is 20.3 Å². The monoisotopic (exact) mass is 393 g/mol. The van der Waals surface area contributed by atoms with Gasteiger partial charge in [-0.25, -0.2) is 4.39 Å². The fraction of sp³-hybridized carbons (Fsp3) is 0.263. The third kappa shape index (κ3) is 5.86. The second-order valence-electron chi connectivity index (χ2n) is 5.96. The van der Waals surface area contributed by atoms with Crippen LogP contribution in [0, 0.1) is 12.7 Å². The molecule has 0 saturated heterocycles. The van der Waals surface area contributed by atoms with E-state index in [9.17, 15) is 14.0 Å². The van der Waals surface area contributed by atoms with Crippen LogP contribution < -0.4 is 15.4 Å². The van der Waals surface area contributed by atoms with Gasteiger partial charge in [0.2, 0.25) is 11.8 Å². The summed E-state index contributed by atoms with van der Waals surface area (Å²) in [5, 5.41) is 6.17. The molecule has 0 atom stereocenters. The van der Waals surface area contributed by atoms with E-state index < -0.39 is 0 Å². The highest BCUT2D eigenvalue weighted by Gasteiger charge is 2.14. The molecule has 2 N–H and O–H groups in total. The van der Waals surface area contributed by atoms with Crippen LogP contribution in [0.15, 0.2) is 36.4 Å². The van der Waals surface area contributed by atoms with Crippen molar-refractivity contribution >= 4 is 34.8 Å². The maximum Gasteiger partial charge on any atom is 0.243 e. The molecule has 144 valence electrons. The molecule has 2 aromatic rings. The van der Waals surface area contributed by atoms with E-state index in [0.717, 1.165) is 5.56 Å². The Hall–Kier alpha value is -2.80. The molecule has 2 rings (SSSR count). The van der Waals surface area contributed by atoms with E-state index in [4.69, 9.17) is 16.3 Å². The van der Waals surface area contributed by atoms with Crippen LogP contribution in [0.2, 0.25) is 5.02 Å². The second kappa shape index (κ2) is 9.23. The van der Waals surface area contributed by atoms with E-state index in [-0.39, 0.29) is 30.7 Å². The molecule has 0 aliphatic heterocycles. The summed E-state index contributed by atoms with van der Waals surface area (Å²) < 4.78 is 18.1. The van der Waals surface area contributed by atoms with Gasteiger partial charge in [0.15, 0.2) is 0 Å². The third-order valence-corrected chi connectivity index (χ3v) is 4.25. The van der Waals surface area contributed by atoms with E-state index in [1.165, 1.54) is 43.3 Å². The summed E-state index contributed by atoms with van der Waals surface area (Å²) in [7, 11) is 3.04. The van der Waals surface area contributed by atoms with E-state index in [1.54, 1.807) is 12.1 Å². The molecule has 0 fully saturated rings. The van der Waals surface area contributed by atoms with Crippen LogP contribution in [-0.4, -0.2) is 44.0 Å². The molecular formula is C19H21ClFN3O3. The number of benzene rings is 2. The number of carbonyl (C=O) groups is 2. The Morgan fingerprint density at radius 3 is 2.52 bits per heavy atom. The summed E-state index contributed by atoms with van der Waals surface area (Å²) in [4.78, 5) is 25.6. The summed E-state index contributed by atoms with van der Waals surface area (Å²) in [6, 6.07) is 8.85. The number of hydrogen-bond donors (Lipinski definition) is 2. The number of aryl methyl sites for hydroxylation is 1. The van der Waals surface area contributed by atoms with Crippen molar-refractivity contribution in [3.05, 3.63) is 52.8 Å². The van der Waals surface area contributed by atoms with Gasteiger partial charge in [-0.1, -0.05) is 11.6 Å². The molecule has 8 heteroatoms. The predicted molar refractivity (Wildman–Crippen MR) is 104 cm³/mol. The minimum absolute atomic E-state index is 0.0161. The van der Waals surface area contributed by atoms with Crippen molar-refractivity contribution in [2.24, 2.45) is 0 Å². The molecule has 2 amide bonds. The zero-order chi connectivity index (χ0) is 20.0. The number of anilines is 2. The highest BCUT2D eigenvalue weighted by Crippen LogP contribution is 2.30. The molecule has 0 aliphatic rings. The Morgan fingerprint density at radius 2 is 1.89 bits per heavy atom.